The molecule has 192 valence electrons. The Labute approximate surface area is 209 Å². The Bertz CT molecular complexity index is 1110. The van der Waals surface area contributed by atoms with Gasteiger partial charge in [0.05, 0.1) is 11.8 Å². The van der Waals surface area contributed by atoms with Crippen molar-refractivity contribution in [3.05, 3.63) is 69.8 Å². The molecule has 8 nitrogen and oxygen atoms in total. The number of likely N-dealkylation sites (tertiary alicyclic amines) is 1. The molecule has 2 aromatic heterocycles. The summed E-state index contributed by atoms with van der Waals surface area (Å²) in [6.45, 7) is 0.971. The molecule has 3 heterocycles. The van der Waals surface area contributed by atoms with Gasteiger partial charge in [0.2, 0.25) is 5.88 Å². The third kappa shape index (κ3) is 7.45. The maximum atomic E-state index is 12.6. The summed E-state index contributed by atoms with van der Waals surface area (Å²) >= 11 is 1.51. The van der Waals surface area contributed by atoms with Crippen molar-refractivity contribution < 1.29 is 32.5 Å². The first-order valence-electron chi connectivity index (χ1n) is 11.4. The number of hydrogen-bond acceptors (Lipinski definition) is 9. The van der Waals surface area contributed by atoms with Crippen molar-refractivity contribution in [2.75, 3.05) is 6.54 Å². The summed E-state index contributed by atoms with van der Waals surface area (Å²) in [4.78, 5) is 17.1. The van der Waals surface area contributed by atoms with E-state index in [1.807, 2.05) is 35.7 Å². The van der Waals surface area contributed by atoms with Crippen LogP contribution in [0.25, 0.3) is 0 Å². The summed E-state index contributed by atoms with van der Waals surface area (Å²) in [6, 6.07) is 11.3. The summed E-state index contributed by atoms with van der Waals surface area (Å²) in [6.07, 6.45) is -3.55. The number of esters is 1. The molecule has 1 aliphatic rings. The molecule has 0 amide bonds. The molecule has 1 N–H and O–H groups in total. The van der Waals surface area contributed by atoms with Gasteiger partial charge in [-0.2, -0.15) is 18.3 Å². The second-order valence-electron chi connectivity index (χ2n) is 8.40. The zero-order valence-corrected chi connectivity index (χ0v) is 20.0. The molecular formula is C24H25F3N4O4S. The lowest BCUT2D eigenvalue weighted by Gasteiger charge is -2.37. The highest BCUT2D eigenvalue weighted by molar-refractivity contribution is 7.09. The number of aromatic nitrogens is 3. The molecule has 2 atom stereocenters. The van der Waals surface area contributed by atoms with Gasteiger partial charge in [-0.3, -0.25) is 4.90 Å². The molecule has 1 saturated heterocycles. The van der Waals surface area contributed by atoms with Crippen LogP contribution in [0.5, 0.6) is 5.88 Å². The van der Waals surface area contributed by atoms with Crippen LogP contribution in [-0.4, -0.2) is 56.2 Å². The third-order valence-electron chi connectivity index (χ3n) is 5.71. The molecule has 1 fully saturated rings. The first kappa shape index (κ1) is 26.0. The van der Waals surface area contributed by atoms with E-state index in [1.54, 1.807) is 17.2 Å². The zero-order valence-electron chi connectivity index (χ0n) is 19.2. The molecule has 2 unspecified atom stereocenters. The van der Waals surface area contributed by atoms with E-state index in [-0.39, 0.29) is 6.42 Å². The fourth-order valence-electron chi connectivity index (χ4n) is 3.79. The summed E-state index contributed by atoms with van der Waals surface area (Å²) < 4.78 is 48.1. The Morgan fingerprint density at radius 1 is 1.11 bits per heavy atom. The second-order valence-corrected chi connectivity index (χ2v) is 9.38. The van der Waals surface area contributed by atoms with E-state index >= 15 is 0 Å². The lowest BCUT2D eigenvalue weighted by Crippen LogP contribution is -2.47. The van der Waals surface area contributed by atoms with E-state index in [0.717, 1.165) is 28.2 Å². The average molecular weight is 523 g/mol. The molecule has 1 aliphatic heterocycles. The highest BCUT2D eigenvalue weighted by Crippen LogP contribution is 2.25. The van der Waals surface area contributed by atoms with Gasteiger partial charge in [0.1, 0.15) is 11.6 Å². The van der Waals surface area contributed by atoms with Gasteiger partial charge in [-0.1, -0.05) is 24.3 Å². The highest BCUT2D eigenvalue weighted by Gasteiger charge is 2.44. The smallest absolute Gasteiger partial charge is 0.469 e. The highest BCUT2D eigenvalue weighted by atomic mass is 32.1. The number of aliphatic hydroxyl groups is 1. The van der Waals surface area contributed by atoms with Crippen LogP contribution in [0, 0.1) is 0 Å². The molecule has 1 aromatic carbocycles. The number of nitrogens with zero attached hydrogens (tertiary/aromatic N) is 4. The van der Waals surface area contributed by atoms with Crippen molar-refractivity contribution in [1.82, 2.24) is 20.1 Å². The number of ether oxygens (including phenoxy) is 2. The molecule has 0 radical (unpaired) electrons. The van der Waals surface area contributed by atoms with Gasteiger partial charge in [0.25, 0.3) is 0 Å². The maximum Gasteiger partial charge on any atom is 0.490 e. The van der Waals surface area contributed by atoms with Crippen molar-refractivity contribution in [3.8, 4) is 5.88 Å². The van der Waals surface area contributed by atoms with Crippen LogP contribution in [0.1, 0.15) is 34.7 Å². The molecule has 0 aliphatic carbocycles. The fraction of sp³-hybridized carbons (Fsp3) is 0.417. The van der Waals surface area contributed by atoms with Gasteiger partial charge < -0.3 is 14.6 Å². The lowest BCUT2D eigenvalue weighted by atomic mass is 10.0. The number of aliphatic hydroxyl groups excluding tert-OH is 1. The van der Waals surface area contributed by atoms with Crippen LogP contribution in [-0.2, 0) is 35.5 Å². The van der Waals surface area contributed by atoms with Crippen LogP contribution in [0.2, 0.25) is 0 Å². The Balaban J connectivity index is 1.27. The Morgan fingerprint density at radius 2 is 1.89 bits per heavy atom. The minimum Gasteiger partial charge on any atom is -0.469 e. The molecule has 0 saturated carbocycles. The Hall–Kier alpha value is -3.09. The van der Waals surface area contributed by atoms with E-state index in [2.05, 4.69) is 19.9 Å². The minimum absolute atomic E-state index is 0.0598. The number of rotatable bonds is 9. The van der Waals surface area contributed by atoms with E-state index in [4.69, 9.17) is 4.74 Å². The normalized spacial score (nSPS) is 18.7. The molecule has 0 spiro atoms. The van der Waals surface area contributed by atoms with Crippen molar-refractivity contribution >= 4 is 17.3 Å². The topological polar surface area (TPSA) is 97.7 Å². The molecule has 4 rings (SSSR count). The number of hydrogen-bond donors (Lipinski definition) is 1. The fourth-order valence-corrected chi connectivity index (χ4v) is 4.32. The second kappa shape index (κ2) is 11.8. The largest absolute Gasteiger partial charge is 0.490 e. The molecule has 12 heteroatoms. The van der Waals surface area contributed by atoms with Crippen LogP contribution in [0.15, 0.2) is 48.0 Å². The van der Waals surface area contributed by atoms with Crippen LogP contribution in [0.3, 0.4) is 0 Å². The van der Waals surface area contributed by atoms with E-state index in [0.29, 0.717) is 38.4 Å². The number of alkyl halides is 3. The van der Waals surface area contributed by atoms with Crippen molar-refractivity contribution in [2.24, 2.45) is 0 Å². The van der Waals surface area contributed by atoms with Crippen LogP contribution in [0.4, 0.5) is 13.2 Å². The first-order valence-corrected chi connectivity index (χ1v) is 12.3. The zero-order chi connectivity index (χ0) is 25.5. The SMILES string of the molecule is O=C(OC1CC(O)CCN1Cc1ccc(CCc2ccc(OCc3nccs3)nn2)cc1)C(F)(F)F. The number of aryl methyl sites for hydroxylation is 2. The average Bonchev–Trinajstić information content (AvgIpc) is 3.38. The number of thiazole rings is 1. The summed E-state index contributed by atoms with van der Waals surface area (Å²) in [5.41, 5.74) is 2.75. The van der Waals surface area contributed by atoms with Gasteiger partial charge in [-0.25, -0.2) is 9.78 Å². The van der Waals surface area contributed by atoms with Gasteiger partial charge in [0, 0.05) is 37.2 Å². The number of benzene rings is 1. The van der Waals surface area contributed by atoms with E-state index in [9.17, 15) is 23.1 Å². The third-order valence-corrected chi connectivity index (χ3v) is 6.46. The number of carbonyl (C=O) groups excluding carboxylic acids is 1. The molecule has 3 aromatic rings. The summed E-state index contributed by atoms with van der Waals surface area (Å²) in [5.74, 6) is -1.81. The van der Waals surface area contributed by atoms with Gasteiger partial charge in [-0.15, -0.1) is 16.4 Å². The van der Waals surface area contributed by atoms with Crippen LogP contribution >= 0.6 is 11.3 Å². The van der Waals surface area contributed by atoms with Gasteiger partial charge >= 0.3 is 12.1 Å². The monoisotopic (exact) mass is 522 g/mol. The van der Waals surface area contributed by atoms with E-state index in [1.165, 1.54) is 11.3 Å². The molecule has 36 heavy (non-hydrogen) atoms. The number of halogens is 3. The molecule has 0 bridgehead atoms. The summed E-state index contributed by atoms with van der Waals surface area (Å²) in [5, 5.41) is 20.9. The van der Waals surface area contributed by atoms with Gasteiger partial charge in [0.15, 0.2) is 6.23 Å². The first-order chi connectivity index (χ1) is 17.3. The van der Waals surface area contributed by atoms with Crippen molar-refractivity contribution in [1.29, 1.82) is 0 Å². The van der Waals surface area contributed by atoms with E-state index < -0.39 is 24.5 Å². The standard InChI is InChI=1S/C24H25F3N4O4S/c25-24(26,27)23(33)35-22-13-19(32)9-11-31(22)14-17-3-1-16(2-4-17)5-6-18-7-8-20(30-29-18)34-15-21-28-10-12-36-21/h1-4,7-8,10,12,19,22,32H,5-6,9,11,13-15H2. The van der Waals surface area contributed by atoms with Gasteiger partial charge in [-0.05, 0) is 36.5 Å². The Morgan fingerprint density at radius 3 is 2.56 bits per heavy atom. The van der Waals surface area contributed by atoms with Crippen LogP contribution < -0.4 is 4.74 Å². The Kier molecular flexibility index (Phi) is 8.49. The van der Waals surface area contributed by atoms with Crippen molar-refractivity contribution in [3.63, 3.8) is 0 Å². The van der Waals surface area contributed by atoms with Crippen molar-refractivity contribution in [2.45, 2.75) is 57.3 Å². The predicted octanol–water partition coefficient (Wildman–Crippen LogP) is 3.69. The number of piperidine rings is 1. The summed E-state index contributed by atoms with van der Waals surface area (Å²) in [7, 11) is 0. The number of carbonyl (C=O) groups is 1. The minimum atomic E-state index is -5.07. The molecular weight excluding hydrogens is 497 g/mol. The lowest BCUT2D eigenvalue weighted by molar-refractivity contribution is -0.218. The predicted molar refractivity (Wildman–Crippen MR) is 124 cm³/mol. The maximum absolute atomic E-state index is 12.6. The quantitative estimate of drug-likeness (QED) is 0.425.